The second kappa shape index (κ2) is 8.82. The first-order valence-electron chi connectivity index (χ1n) is 8.21. The number of nitrogens with zero attached hydrogens (tertiary/aromatic N) is 2. The molecule has 26 heavy (non-hydrogen) atoms. The van der Waals surface area contributed by atoms with Crippen molar-refractivity contribution in [2.24, 2.45) is 0 Å². The van der Waals surface area contributed by atoms with Gasteiger partial charge in [-0.25, -0.2) is 4.98 Å². The maximum Gasteiger partial charge on any atom is 0.234 e. The van der Waals surface area contributed by atoms with Crippen LogP contribution in [0.2, 0.25) is 0 Å². The van der Waals surface area contributed by atoms with Gasteiger partial charge in [-0.15, -0.1) is 0 Å². The maximum atomic E-state index is 12.2. The minimum atomic E-state index is -0.102. The van der Waals surface area contributed by atoms with Gasteiger partial charge in [0.15, 0.2) is 10.2 Å². The number of rotatable bonds is 7. The van der Waals surface area contributed by atoms with Crippen molar-refractivity contribution in [1.82, 2.24) is 9.36 Å². The summed E-state index contributed by atoms with van der Waals surface area (Å²) in [4.78, 5) is 16.8. The van der Waals surface area contributed by atoms with Crippen molar-refractivity contribution in [3.05, 3.63) is 54.1 Å². The van der Waals surface area contributed by atoms with Crippen LogP contribution in [0.25, 0.3) is 11.4 Å². The highest BCUT2D eigenvalue weighted by Crippen LogP contribution is 2.28. The monoisotopic (exact) mass is 385 g/mol. The summed E-state index contributed by atoms with van der Waals surface area (Å²) < 4.78 is 10.7. The highest BCUT2D eigenvalue weighted by molar-refractivity contribution is 8.01. The minimum Gasteiger partial charge on any atom is -0.492 e. The van der Waals surface area contributed by atoms with Crippen LogP contribution in [0.3, 0.4) is 0 Å². The van der Waals surface area contributed by atoms with Crippen LogP contribution in [0.1, 0.15) is 12.5 Å². The topological polar surface area (TPSA) is 64.1 Å². The molecule has 0 spiro atoms. The van der Waals surface area contributed by atoms with Crippen molar-refractivity contribution in [2.45, 2.75) is 18.2 Å². The number of thioether (sulfide) groups is 1. The molecule has 0 aliphatic carbocycles. The zero-order valence-corrected chi connectivity index (χ0v) is 16.2. The zero-order valence-electron chi connectivity index (χ0n) is 14.6. The Labute approximate surface area is 161 Å². The highest BCUT2D eigenvalue weighted by Gasteiger charge is 2.12. The van der Waals surface area contributed by atoms with Crippen LogP contribution in [0, 0.1) is 6.92 Å². The lowest BCUT2D eigenvalue weighted by Crippen LogP contribution is -2.14. The molecule has 1 amide bonds. The molecule has 3 aromatic rings. The first-order chi connectivity index (χ1) is 12.7. The molecule has 0 saturated heterocycles. The van der Waals surface area contributed by atoms with E-state index in [2.05, 4.69) is 14.7 Å². The maximum absolute atomic E-state index is 12.2. The van der Waals surface area contributed by atoms with Crippen LogP contribution in [0.4, 0.5) is 5.69 Å². The third-order valence-corrected chi connectivity index (χ3v) is 5.41. The van der Waals surface area contributed by atoms with E-state index in [0.29, 0.717) is 23.9 Å². The third kappa shape index (κ3) is 4.62. The summed E-state index contributed by atoms with van der Waals surface area (Å²) in [6, 6.07) is 15.4. The van der Waals surface area contributed by atoms with Crippen LogP contribution in [0.5, 0.6) is 5.75 Å². The van der Waals surface area contributed by atoms with Crippen molar-refractivity contribution in [1.29, 1.82) is 0 Å². The molecule has 0 atom stereocenters. The Morgan fingerprint density at radius 3 is 2.77 bits per heavy atom. The first kappa shape index (κ1) is 18.4. The van der Waals surface area contributed by atoms with E-state index < -0.39 is 0 Å². The normalized spacial score (nSPS) is 10.5. The fourth-order valence-corrected chi connectivity index (χ4v) is 3.77. The summed E-state index contributed by atoms with van der Waals surface area (Å²) in [5, 5.41) is 2.88. The Bertz CT molecular complexity index is 896. The number of hydrogen-bond donors (Lipinski definition) is 1. The lowest BCUT2D eigenvalue weighted by molar-refractivity contribution is -0.113. The number of carbonyl (C=O) groups excluding carboxylic acids is 1. The van der Waals surface area contributed by atoms with E-state index in [0.717, 1.165) is 15.5 Å². The fourth-order valence-electron chi connectivity index (χ4n) is 2.37. The molecule has 2 aromatic carbocycles. The van der Waals surface area contributed by atoms with E-state index in [4.69, 9.17) is 4.74 Å². The Morgan fingerprint density at radius 2 is 1.96 bits per heavy atom. The molecule has 1 heterocycles. The van der Waals surface area contributed by atoms with Gasteiger partial charge in [-0.3, -0.25) is 4.79 Å². The molecular formula is C19H19N3O2S2. The van der Waals surface area contributed by atoms with E-state index in [9.17, 15) is 4.79 Å². The molecule has 7 heteroatoms. The van der Waals surface area contributed by atoms with Crippen molar-refractivity contribution >= 4 is 34.9 Å². The lowest BCUT2D eigenvalue weighted by Gasteiger charge is -2.10. The summed E-state index contributed by atoms with van der Waals surface area (Å²) in [6.07, 6.45) is 0. The van der Waals surface area contributed by atoms with Gasteiger partial charge in [-0.2, -0.15) is 4.37 Å². The van der Waals surface area contributed by atoms with Crippen LogP contribution >= 0.6 is 23.3 Å². The Hall–Kier alpha value is -2.38. The number of hydrogen-bond acceptors (Lipinski definition) is 6. The molecule has 3 rings (SSSR count). The SMILES string of the molecule is CCOc1ccccc1NC(=O)CSc1nc(-c2ccccc2C)ns1. The van der Waals surface area contributed by atoms with Gasteiger partial charge >= 0.3 is 0 Å². The number of carbonyl (C=O) groups is 1. The standard InChI is InChI=1S/C19H19N3O2S2/c1-3-24-16-11-7-6-10-15(16)20-17(23)12-25-19-21-18(22-26-19)14-9-5-4-8-13(14)2/h4-11H,3,12H2,1-2H3,(H,20,23). The molecule has 0 aliphatic rings. The van der Waals surface area contributed by atoms with Gasteiger partial charge in [0.1, 0.15) is 5.75 Å². The number of benzene rings is 2. The molecule has 0 bridgehead atoms. The highest BCUT2D eigenvalue weighted by atomic mass is 32.2. The number of para-hydroxylation sites is 2. The van der Waals surface area contributed by atoms with Crippen molar-refractivity contribution in [3.63, 3.8) is 0 Å². The molecule has 1 aromatic heterocycles. The van der Waals surface area contributed by atoms with Crippen LogP contribution in [-0.4, -0.2) is 27.6 Å². The first-order valence-corrected chi connectivity index (χ1v) is 9.97. The van der Waals surface area contributed by atoms with Gasteiger partial charge in [0, 0.05) is 5.56 Å². The average molecular weight is 386 g/mol. The Kier molecular flexibility index (Phi) is 6.25. The van der Waals surface area contributed by atoms with Gasteiger partial charge in [-0.1, -0.05) is 48.2 Å². The summed E-state index contributed by atoms with van der Waals surface area (Å²) in [5.74, 6) is 1.54. The molecule has 0 fully saturated rings. The van der Waals surface area contributed by atoms with Gasteiger partial charge in [-0.05, 0) is 43.1 Å². The van der Waals surface area contributed by atoms with Crippen LogP contribution in [0.15, 0.2) is 52.9 Å². The van der Waals surface area contributed by atoms with Crippen molar-refractivity contribution in [3.8, 4) is 17.1 Å². The number of aromatic nitrogens is 2. The molecule has 134 valence electrons. The molecule has 5 nitrogen and oxygen atoms in total. The molecule has 1 N–H and O–H groups in total. The van der Waals surface area contributed by atoms with Crippen LogP contribution in [-0.2, 0) is 4.79 Å². The van der Waals surface area contributed by atoms with E-state index in [-0.39, 0.29) is 11.7 Å². The second-order valence-corrected chi connectivity index (χ2v) is 7.44. The summed E-state index contributed by atoms with van der Waals surface area (Å²) in [5.41, 5.74) is 2.83. The van der Waals surface area contributed by atoms with Gasteiger partial charge in [0.05, 0.1) is 18.0 Å². The van der Waals surface area contributed by atoms with Crippen molar-refractivity contribution < 1.29 is 9.53 Å². The number of ether oxygens (including phenoxy) is 1. The second-order valence-electron chi connectivity index (χ2n) is 5.46. The quantitative estimate of drug-likeness (QED) is 0.600. The number of aryl methyl sites for hydroxylation is 1. The number of amides is 1. The fraction of sp³-hybridized carbons (Fsp3) is 0.211. The molecular weight excluding hydrogens is 366 g/mol. The number of anilines is 1. The molecule has 0 aliphatic heterocycles. The summed E-state index contributed by atoms with van der Waals surface area (Å²) >= 11 is 2.69. The Morgan fingerprint density at radius 1 is 1.19 bits per heavy atom. The van der Waals surface area contributed by atoms with Crippen LogP contribution < -0.4 is 10.1 Å². The van der Waals surface area contributed by atoms with E-state index in [1.807, 2.05) is 62.4 Å². The smallest absolute Gasteiger partial charge is 0.234 e. The van der Waals surface area contributed by atoms with E-state index in [1.54, 1.807) is 0 Å². The minimum absolute atomic E-state index is 0.102. The van der Waals surface area contributed by atoms with E-state index >= 15 is 0 Å². The predicted molar refractivity (Wildman–Crippen MR) is 107 cm³/mol. The Balaban J connectivity index is 1.60. The zero-order chi connectivity index (χ0) is 18.4. The van der Waals surface area contributed by atoms with Gasteiger partial charge < -0.3 is 10.1 Å². The van der Waals surface area contributed by atoms with Crippen molar-refractivity contribution in [2.75, 3.05) is 17.7 Å². The van der Waals surface area contributed by atoms with E-state index in [1.165, 1.54) is 23.3 Å². The third-order valence-electron chi connectivity index (χ3n) is 3.58. The van der Waals surface area contributed by atoms with Gasteiger partial charge in [0.25, 0.3) is 0 Å². The predicted octanol–water partition coefficient (Wildman–Crippen LogP) is 4.64. The average Bonchev–Trinajstić information content (AvgIpc) is 3.11. The summed E-state index contributed by atoms with van der Waals surface area (Å²) in [6.45, 7) is 4.50. The lowest BCUT2D eigenvalue weighted by atomic mass is 10.1. The molecule has 0 radical (unpaired) electrons. The summed E-state index contributed by atoms with van der Waals surface area (Å²) in [7, 11) is 0. The van der Waals surface area contributed by atoms with Gasteiger partial charge in [0.2, 0.25) is 5.91 Å². The number of nitrogens with one attached hydrogen (secondary N) is 1. The largest absolute Gasteiger partial charge is 0.492 e. The molecule has 0 saturated carbocycles. The molecule has 0 unspecified atom stereocenters.